The third kappa shape index (κ3) is 9.15. The summed E-state index contributed by atoms with van der Waals surface area (Å²) in [4.78, 5) is 8.36. The molecule has 1 aliphatic heterocycles. The van der Waals surface area contributed by atoms with E-state index in [0.717, 1.165) is 50.5 Å². The lowest BCUT2D eigenvalue weighted by molar-refractivity contribution is 0.0625. The monoisotopic (exact) mass is 477 g/mol. The van der Waals surface area contributed by atoms with Gasteiger partial charge in [-0.1, -0.05) is 18.2 Å². The Kier molecular flexibility index (Phi) is 12.4. The van der Waals surface area contributed by atoms with Gasteiger partial charge in [0, 0.05) is 44.0 Å². The molecule has 0 bridgehead atoms. The van der Waals surface area contributed by atoms with E-state index in [4.69, 9.17) is 9.73 Å². The fraction of sp³-hybridized carbons (Fsp3) is 0.632. The van der Waals surface area contributed by atoms with Crippen molar-refractivity contribution in [2.75, 3.05) is 45.6 Å². The van der Waals surface area contributed by atoms with Crippen LogP contribution in [0.4, 0.5) is 0 Å². The second-order valence-corrected chi connectivity index (χ2v) is 7.33. The fourth-order valence-corrected chi connectivity index (χ4v) is 3.59. The lowest BCUT2D eigenvalue weighted by Crippen LogP contribution is -2.40. The predicted molar refractivity (Wildman–Crippen MR) is 119 cm³/mol. The molecular formula is C19H32IN3OS. The molecule has 1 aromatic rings. The number of thioether (sulfide) groups is 1. The van der Waals surface area contributed by atoms with Crippen molar-refractivity contribution in [3.63, 3.8) is 0 Å². The summed E-state index contributed by atoms with van der Waals surface area (Å²) in [5.41, 5.74) is 0. The number of halogens is 1. The highest BCUT2D eigenvalue weighted by Gasteiger charge is 2.15. The highest BCUT2D eigenvalue weighted by Crippen LogP contribution is 2.19. The quantitative estimate of drug-likeness (QED) is 0.201. The van der Waals surface area contributed by atoms with Crippen molar-refractivity contribution in [3.05, 3.63) is 30.3 Å². The minimum Gasteiger partial charge on any atom is -0.381 e. The van der Waals surface area contributed by atoms with E-state index in [1.807, 2.05) is 11.8 Å². The van der Waals surface area contributed by atoms with E-state index in [9.17, 15) is 0 Å². The minimum atomic E-state index is 0. The van der Waals surface area contributed by atoms with Gasteiger partial charge in [0.05, 0.1) is 6.54 Å². The van der Waals surface area contributed by atoms with Crippen molar-refractivity contribution in [1.29, 1.82) is 0 Å². The Morgan fingerprint density at radius 1 is 1.28 bits per heavy atom. The summed E-state index contributed by atoms with van der Waals surface area (Å²) in [6.45, 7) is 6.79. The first-order valence-corrected chi connectivity index (χ1v) is 10.0. The van der Waals surface area contributed by atoms with Gasteiger partial charge in [-0.05, 0) is 44.2 Å². The molecule has 2 rings (SSSR count). The van der Waals surface area contributed by atoms with Crippen LogP contribution in [0.2, 0.25) is 0 Å². The molecule has 1 N–H and O–H groups in total. The molecule has 1 aromatic carbocycles. The van der Waals surface area contributed by atoms with Gasteiger partial charge in [-0.2, -0.15) is 0 Å². The molecule has 0 atom stereocenters. The number of hydrogen-bond donors (Lipinski definition) is 1. The SMILES string of the molecule is CCNC(=NCCSc1ccccc1)N(C)CCC1CCOCC1.I. The Morgan fingerprint density at radius 2 is 2.00 bits per heavy atom. The molecule has 0 saturated carbocycles. The molecule has 6 heteroatoms. The lowest BCUT2D eigenvalue weighted by Gasteiger charge is -2.26. The molecule has 1 saturated heterocycles. The van der Waals surface area contributed by atoms with Crippen LogP contribution < -0.4 is 5.32 Å². The summed E-state index contributed by atoms with van der Waals surface area (Å²) < 4.78 is 5.44. The highest BCUT2D eigenvalue weighted by atomic mass is 127. The van der Waals surface area contributed by atoms with Crippen LogP contribution >= 0.6 is 35.7 Å². The van der Waals surface area contributed by atoms with E-state index in [1.54, 1.807) is 0 Å². The number of nitrogens with zero attached hydrogens (tertiary/aromatic N) is 2. The summed E-state index contributed by atoms with van der Waals surface area (Å²) in [5, 5.41) is 3.41. The second kappa shape index (κ2) is 13.7. The second-order valence-electron chi connectivity index (χ2n) is 6.16. The van der Waals surface area contributed by atoms with Gasteiger partial charge in [0.25, 0.3) is 0 Å². The summed E-state index contributed by atoms with van der Waals surface area (Å²) in [5.74, 6) is 2.84. The summed E-state index contributed by atoms with van der Waals surface area (Å²) in [6, 6.07) is 10.5. The van der Waals surface area contributed by atoms with Gasteiger partial charge in [0.1, 0.15) is 0 Å². The zero-order valence-corrected chi connectivity index (χ0v) is 18.6. The topological polar surface area (TPSA) is 36.9 Å². The van der Waals surface area contributed by atoms with Crippen molar-refractivity contribution in [1.82, 2.24) is 10.2 Å². The fourth-order valence-electron chi connectivity index (χ4n) is 2.82. The van der Waals surface area contributed by atoms with Crippen molar-refractivity contribution >= 4 is 41.7 Å². The number of ether oxygens (including phenoxy) is 1. The van der Waals surface area contributed by atoms with Crippen molar-refractivity contribution in [2.24, 2.45) is 10.9 Å². The molecule has 4 nitrogen and oxygen atoms in total. The maximum absolute atomic E-state index is 5.44. The predicted octanol–water partition coefficient (Wildman–Crippen LogP) is 4.11. The first-order valence-electron chi connectivity index (χ1n) is 9.04. The molecule has 0 aromatic heterocycles. The van der Waals surface area contributed by atoms with E-state index < -0.39 is 0 Å². The Balaban J connectivity index is 0.00000312. The largest absolute Gasteiger partial charge is 0.381 e. The van der Waals surface area contributed by atoms with Crippen LogP contribution in [0.1, 0.15) is 26.2 Å². The normalized spacial score (nSPS) is 15.5. The van der Waals surface area contributed by atoms with Crippen molar-refractivity contribution in [3.8, 4) is 0 Å². The van der Waals surface area contributed by atoms with Gasteiger partial charge >= 0.3 is 0 Å². The molecular weight excluding hydrogens is 445 g/mol. The van der Waals surface area contributed by atoms with E-state index in [-0.39, 0.29) is 24.0 Å². The maximum atomic E-state index is 5.44. The van der Waals surface area contributed by atoms with Crippen LogP contribution in [0.5, 0.6) is 0 Å². The Hall–Kier alpha value is -0.470. The number of hydrogen-bond acceptors (Lipinski definition) is 3. The number of rotatable bonds is 8. The first-order chi connectivity index (χ1) is 11.8. The van der Waals surface area contributed by atoms with E-state index >= 15 is 0 Å². The average Bonchev–Trinajstić information content (AvgIpc) is 2.64. The van der Waals surface area contributed by atoms with Gasteiger partial charge < -0.3 is 15.0 Å². The number of nitrogens with one attached hydrogen (secondary N) is 1. The zero-order valence-electron chi connectivity index (χ0n) is 15.4. The number of guanidine groups is 1. The van der Waals surface area contributed by atoms with Crippen LogP contribution in [-0.2, 0) is 4.74 Å². The Bertz CT molecular complexity index is 481. The molecule has 0 radical (unpaired) electrons. The van der Waals surface area contributed by atoms with Crippen LogP contribution in [0, 0.1) is 5.92 Å². The Labute approximate surface area is 174 Å². The number of aliphatic imine (C=N–C) groups is 1. The Morgan fingerprint density at radius 3 is 2.68 bits per heavy atom. The van der Waals surface area contributed by atoms with Crippen molar-refractivity contribution < 1.29 is 4.74 Å². The van der Waals surface area contributed by atoms with Crippen LogP contribution in [0.15, 0.2) is 40.2 Å². The molecule has 0 aliphatic carbocycles. The van der Waals surface area contributed by atoms with Gasteiger partial charge in [0.15, 0.2) is 5.96 Å². The standard InChI is InChI=1S/C19H31N3OS.HI/c1-3-20-19(21-12-16-24-18-7-5-4-6-8-18)22(2)13-9-17-10-14-23-15-11-17;/h4-8,17H,3,9-16H2,1-2H3,(H,20,21);1H. The summed E-state index contributed by atoms with van der Waals surface area (Å²) in [6.07, 6.45) is 3.63. The van der Waals surface area contributed by atoms with E-state index in [0.29, 0.717) is 0 Å². The zero-order chi connectivity index (χ0) is 17.0. The van der Waals surface area contributed by atoms with Crippen LogP contribution in [0.3, 0.4) is 0 Å². The smallest absolute Gasteiger partial charge is 0.193 e. The molecule has 1 aliphatic rings. The molecule has 0 spiro atoms. The van der Waals surface area contributed by atoms with Gasteiger partial charge in [-0.15, -0.1) is 35.7 Å². The summed E-state index contributed by atoms with van der Waals surface area (Å²) >= 11 is 1.86. The molecule has 1 fully saturated rings. The third-order valence-corrected chi connectivity index (χ3v) is 5.27. The first kappa shape index (κ1) is 22.6. The third-order valence-electron chi connectivity index (χ3n) is 4.27. The maximum Gasteiger partial charge on any atom is 0.193 e. The van der Waals surface area contributed by atoms with Crippen molar-refractivity contribution in [2.45, 2.75) is 31.1 Å². The molecule has 25 heavy (non-hydrogen) atoms. The van der Waals surface area contributed by atoms with Crippen LogP contribution in [0.25, 0.3) is 0 Å². The molecule has 0 amide bonds. The van der Waals surface area contributed by atoms with E-state index in [1.165, 1.54) is 24.2 Å². The minimum absolute atomic E-state index is 0. The van der Waals surface area contributed by atoms with Gasteiger partial charge in [-0.25, -0.2) is 0 Å². The van der Waals surface area contributed by atoms with Gasteiger partial charge in [0.2, 0.25) is 0 Å². The highest BCUT2D eigenvalue weighted by molar-refractivity contribution is 14.0. The van der Waals surface area contributed by atoms with Gasteiger partial charge in [-0.3, -0.25) is 4.99 Å². The van der Waals surface area contributed by atoms with E-state index in [2.05, 4.69) is 54.5 Å². The summed E-state index contributed by atoms with van der Waals surface area (Å²) in [7, 11) is 2.14. The number of benzene rings is 1. The molecule has 142 valence electrons. The van der Waals surface area contributed by atoms with Crippen LogP contribution in [-0.4, -0.2) is 56.5 Å². The average molecular weight is 477 g/mol. The lowest BCUT2D eigenvalue weighted by atomic mass is 9.96. The molecule has 0 unspecified atom stereocenters. The molecule has 1 heterocycles.